The summed E-state index contributed by atoms with van der Waals surface area (Å²) in [5.41, 5.74) is 1.61. The summed E-state index contributed by atoms with van der Waals surface area (Å²) in [6, 6.07) is 3.70. The summed E-state index contributed by atoms with van der Waals surface area (Å²) >= 11 is 0. The van der Waals surface area contributed by atoms with Crippen LogP contribution in [-0.4, -0.2) is 34.9 Å². The number of piperidine rings is 1. The number of aromatic nitrogens is 1. The number of fused-ring (bicyclic) bond motifs is 1. The lowest BCUT2D eigenvalue weighted by Crippen LogP contribution is -2.39. The average molecular weight is 274 g/mol. The Kier molecular flexibility index (Phi) is 3.42. The van der Waals surface area contributed by atoms with E-state index in [1.165, 1.54) is 0 Å². The number of carbonyl (C=O) groups excluding carboxylic acids is 1. The lowest BCUT2D eigenvalue weighted by molar-refractivity contribution is -0.141. The molecule has 20 heavy (non-hydrogen) atoms. The fourth-order valence-corrected chi connectivity index (χ4v) is 3.05. The summed E-state index contributed by atoms with van der Waals surface area (Å²) in [4.78, 5) is 29.5. The third-order valence-electron chi connectivity index (χ3n) is 4.17. The lowest BCUT2D eigenvalue weighted by Gasteiger charge is -2.32. The summed E-state index contributed by atoms with van der Waals surface area (Å²) in [5, 5.41) is 9.14. The van der Waals surface area contributed by atoms with Gasteiger partial charge in [0.2, 0.25) is 0 Å². The average Bonchev–Trinajstić information content (AvgIpc) is 2.47. The SMILES string of the molecule is O=C1CCCc2nc(N3CCCC(C(=O)O)C3)ccc21. The van der Waals surface area contributed by atoms with Crippen LogP contribution in [0.4, 0.5) is 5.82 Å². The molecule has 0 spiro atoms. The molecule has 1 unspecified atom stereocenters. The van der Waals surface area contributed by atoms with Gasteiger partial charge < -0.3 is 10.0 Å². The van der Waals surface area contributed by atoms with E-state index in [0.29, 0.717) is 13.0 Å². The molecule has 1 aromatic rings. The van der Waals surface area contributed by atoms with Gasteiger partial charge in [0, 0.05) is 25.1 Å². The number of ketones is 1. The van der Waals surface area contributed by atoms with E-state index in [1.807, 2.05) is 17.0 Å². The number of carboxylic acids is 1. The van der Waals surface area contributed by atoms with E-state index in [1.54, 1.807) is 0 Å². The van der Waals surface area contributed by atoms with Gasteiger partial charge in [-0.05, 0) is 37.8 Å². The molecule has 5 heteroatoms. The van der Waals surface area contributed by atoms with Crippen molar-refractivity contribution in [3.8, 4) is 0 Å². The Bertz CT molecular complexity index is 556. The van der Waals surface area contributed by atoms with Gasteiger partial charge >= 0.3 is 5.97 Å². The first-order valence-electron chi connectivity index (χ1n) is 7.16. The number of anilines is 1. The van der Waals surface area contributed by atoms with Crippen LogP contribution < -0.4 is 4.90 Å². The molecule has 2 heterocycles. The van der Waals surface area contributed by atoms with Crippen LogP contribution in [0.2, 0.25) is 0 Å². The monoisotopic (exact) mass is 274 g/mol. The second kappa shape index (κ2) is 5.23. The number of aliphatic carboxylic acids is 1. The number of carboxylic acid groups (broad SMARTS) is 1. The molecule has 1 N–H and O–H groups in total. The maximum Gasteiger partial charge on any atom is 0.308 e. The van der Waals surface area contributed by atoms with Crippen molar-refractivity contribution >= 4 is 17.6 Å². The van der Waals surface area contributed by atoms with E-state index in [2.05, 4.69) is 4.98 Å². The molecule has 2 aliphatic rings. The highest BCUT2D eigenvalue weighted by atomic mass is 16.4. The van der Waals surface area contributed by atoms with Crippen LogP contribution in [0, 0.1) is 5.92 Å². The van der Waals surface area contributed by atoms with Crippen molar-refractivity contribution in [1.82, 2.24) is 4.98 Å². The minimum absolute atomic E-state index is 0.173. The van der Waals surface area contributed by atoms with E-state index >= 15 is 0 Å². The van der Waals surface area contributed by atoms with Crippen molar-refractivity contribution in [2.45, 2.75) is 32.1 Å². The zero-order valence-corrected chi connectivity index (χ0v) is 11.3. The first-order chi connectivity index (χ1) is 9.65. The van der Waals surface area contributed by atoms with Gasteiger partial charge in [-0.1, -0.05) is 0 Å². The Morgan fingerprint density at radius 2 is 2.15 bits per heavy atom. The molecule has 0 radical (unpaired) electrons. The minimum atomic E-state index is -0.733. The van der Waals surface area contributed by atoms with Gasteiger partial charge in [-0.15, -0.1) is 0 Å². The highest BCUT2D eigenvalue weighted by molar-refractivity contribution is 5.98. The number of nitrogens with zero attached hydrogens (tertiary/aromatic N) is 2. The fraction of sp³-hybridized carbons (Fsp3) is 0.533. The normalized spacial score (nSPS) is 22.5. The van der Waals surface area contributed by atoms with Crippen LogP contribution in [0.3, 0.4) is 0 Å². The zero-order valence-electron chi connectivity index (χ0n) is 11.3. The number of pyridine rings is 1. The van der Waals surface area contributed by atoms with E-state index in [0.717, 1.165) is 49.3 Å². The van der Waals surface area contributed by atoms with E-state index in [-0.39, 0.29) is 11.7 Å². The van der Waals surface area contributed by atoms with E-state index < -0.39 is 5.97 Å². The maximum absolute atomic E-state index is 11.8. The molecule has 106 valence electrons. The van der Waals surface area contributed by atoms with Crippen molar-refractivity contribution in [2.24, 2.45) is 5.92 Å². The molecule has 1 saturated heterocycles. The number of hydrogen-bond acceptors (Lipinski definition) is 4. The molecule has 0 bridgehead atoms. The molecule has 3 rings (SSSR count). The maximum atomic E-state index is 11.8. The first-order valence-corrected chi connectivity index (χ1v) is 7.16. The highest BCUT2D eigenvalue weighted by Crippen LogP contribution is 2.26. The number of rotatable bonds is 2. The smallest absolute Gasteiger partial charge is 0.308 e. The predicted molar refractivity (Wildman–Crippen MR) is 74.1 cm³/mol. The van der Waals surface area contributed by atoms with Gasteiger partial charge in [0.15, 0.2) is 5.78 Å². The molecular formula is C15H18N2O3. The highest BCUT2D eigenvalue weighted by Gasteiger charge is 2.27. The molecule has 1 aliphatic carbocycles. The molecule has 5 nitrogen and oxygen atoms in total. The minimum Gasteiger partial charge on any atom is -0.481 e. The van der Waals surface area contributed by atoms with Gasteiger partial charge in [-0.2, -0.15) is 0 Å². The summed E-state index contributed by atoms with van der Waals surface area (Å²) in [5.74, 6) is -0.0668. The standard InChI is InChI=1S/C15H18N2O3/c18-13-5-1-4-12-11(13)6-7-14(16-12)17-8-2-3-10(9-17)15(19)20/h6-7,10H,1-5,8-9H2,(H,19,20). The quantitative estimate of drug-likeness (QED) is 0.892. The Labute approximate surface area is 117 Å². The number of aryl methyl sites for hydroxylation is 1. The lowest BCUT2D eigenvalue weighted by atomic mass is 9.94. The molecule has 0 saturated carbocycles. The van der Waals surface area contributed by atoms with Crippen LogP contribution in [0.1, 0.15) is 41.7 Å². The largest absolute Gasteiger partial charge is 0.481 e. The molecule has 1 fully saturated rings. The molecule has 0 aromatic carbocycles. The Morgan fingerprint density at radius 3 is 2.95 bits per heavy atom. The van der Waals surface area contributed by atoms with Gasteiger partial charge in [-0.3, -0.25) is 9.59 Å². The Morgan fingerprint density at radius 1 is 1.30 bits per heavy atom. The number of hydrogen-bond donors (Lipinski definition) is 1. The molecule has 1 atom stereocenters. The van der Waals surface area contributed by atoms with Crippen LogP contribution in [-0.2, 0) is 11.2 Å². The van der Waals surface area contributed by atoms with Crippen molar-refractivity contribution in [3.05, 3.63) is 23.4 Å². The second-order valence-corrected chi connectivity index (χ2v) is 5.56. The third kappa shape index (κ3) is 2.40. The first kappa shape index (κ1) is 13.1. The van der Waals surface area contributed by atoms with Crippen LogP contribution in [0.15, 0.2) is 12.1 Å². The molecule has 1 aliphatic heterocycles. The van der Waals surface area contributed by atoms with Crippen molar-refractivity contribution in [1.29, 1.82) is 0 Å². The van der Waals surface area contributed by atoms with Gasteiger partial charge in [0.25, 0.3) is 0 Å². The van der Waals surface area contributed by atoms with Gasteiger partial charge in [0.05, 0.1) is 11.6 Å². The fourth-order valence-electron chi connectivity index (χ4n) is 3.05. The van der Waals surface area contributed by atoms with E-state index in [4.69, 9.17) is 5.11 Å². The Balaban J connectivity index is 1.84. The van der Waals surface area contributed by atoms with Crippen LogP contribution in [0.25, 0.3) is 0 Å². The zero-order chi connectivity index (χ0) is 14.1. The third-order valence-corrected chi connectivity index (χ3v) is 4.17. The summed E-state index contributed by atoms with van der Waals surface area (Å²) < 4.78 is 0. The van der Waals surface area contributed by atoms with Crippen LogP contribution in [0.5, 0.6) is 0 Å². The van der Waals surface area contributed by atoms with Crippen molar-refractivity contribution < 1.29 is 14.7 Å². The van der Waals surface area contributed by atoms with Crippen molar-refractivity contribution in [2.75, 3.05) is 18.0 Å². The topological polar surface area (TPSA) is 70.5 Å². The Hall–Kier alpha value is -1.91. The number of carbonyl (C=O) groups is 2. The number of Topliss-reactive ketones (excluding diaryl/α,β-unsaturated/α-hetero) is 1. The van der Waals surface area contributed by atoms with Gasteiger partial charge in [-0.25, -0.2) is 4.98 Å². The molecule has 1 aromatic heterocycles. The summed E-state index contributed by atoms with van der Waals surface area (Å²) in [6.07, 6.45) is 3.91. The van der Waals surface area contributed by atoms with Gasteiger partial charge in [0.1, 0.15) is 5.82 Å². The van der Waals surface area contributed by atoms with Crippen molar-refractivity contribution in [3.63, 3.8) is 0 Å². The van der Waals surface area contributed by atoms with Crippen LogP contribution >= 0.6 is 0 Å². The molecular weight excluding hydrogens is 256 g/mol. The summed E-state index contributed by atoms with van der Waals surface area (Å²) in [6.45, 7) is 1.35. The second-order valence-electron chi connectivity index (χ2n) is 5.56. The van der Waals surface area contributed by atoms with E-state index in [9.17, 15) is 9.59 Å². The molecule has 0 amide bonds. The summed E-state index contributed by atoms with van der Waals surface area (Å²) in [7, 11) is 0. The predicted octanol–water partition coefficient (Wildman–Crippen LogP) is 1.90.